The molecule has 0 spiro atoms. The van der Waals surface area contributed by atoms with Crippen molar-refractivity contribution in [2.24, 2.45) is 0 Å². The van der Waals surface area contributed by atoms with Gasteiger partial charge in [-0.25, -0.2) is 0 Å². The van der Waals surface area contributed by atoms with Crippen LogP contribution in [0.2, 0.25) is 0 Å². The molecule has 0 atom stereocenters. The van der Waals surface area contributed by atoms with Crippen molar-refractivity contribution in [1.29, 1.82) is 0 Å². The van der Waals surface area contributed by atoms with Gasteiger partial charge in [-0.2, -0.15) is 0 Å². The predicted molar refractivity (Wildman–Crippen MR) is 92.8 cm³/mol. The fourth-order valence-electron chi connectivity index (χ4n) is 3.14. The standard InChI is InChI=1S/C20H21NO2/c1-2-6-19-17(5-1)15-20(23-19)16-7-9-18(10-8-16)22-14-13-21-11-3-4-12-21/h1-2,5-10,15H,3-4,11-14H2. The third-order valence-corrected chi connectivity index (χ3v) is 4.44. The number of hydrogen-bond acceptors (Lipinski definition) is 3. The summed E-state index contributed by atoms with van der Waals surface area (Å²) in [5.41, 5.74) is 2.00. The summed E-state index contributed by atoms with van der Waals surface area (Å²) >= 11 is 0. The van der Waals surface area contributed by atoms with Gasteiger partial charge in [-0.15, -0.1) is 0 Å². The molecule has 3 nitrogen and oxygen atoms in total. The fraction of sp³-hybridized carbons (Fsp3) is 0.300. The number of hydrogen-bond donors (Lipinski definition) is 0. The average Bonchev–Trinajstić information content (AvgIpc) is 3.24. The van der Waals surface area contributed by atoms with Crippen molar-refractivity contribution in [1.82, 2.24) is 4.90 Å². The van der Waals surface area contributed by atoms with E-state index in [9.17, 15) is 0 Å². The Morgan fingerprint density at radius 3 is 2.52 bits per heavy atom. The van der Waals surface area contributed by atoms with E-state index in [1.165, 1.54) is 25.9 Å². The number of likely N-dealkylation sites (tertiary alicyclic amines) is 1. The van der Waals surface area contributed by atoms with Crippen molar-refractivity contribution in [2.75, 3.05) is 26.2 Å². The molecule has 23 heavy (non-hydrogen) atoms. The topological polar surface area (TPSA) is 25.6 Å². The van der Waals surface area contributed by atoms with Gasteiger partial charge < -0.3 is 9.15 Å². The normalized spacial score (nSPS) is 15.3. The highest BCUT2D eigenvalue weighted by atomic mass is 16.5. The van der Waals surface area contributed by atoms with Crippen LogP contribution in [0, 0.1) is 0 Å². The van der Waals surface area contributed by atoms with Crippen LogP contribution in [-0.4, -0.2) is 31.1 Å². The van der Waals surface area contributed by atoms with Crippen LogP contribution in [0.3, 0.4) is 0 Å². The Bertz CT molecular complexity index is 737. The Morgan fingerprint density at radius 1 is 0.957 bits per heavy atom. The maximum Gasteiger partial charge on any atom is 0.135 e. The molecule has 0 saturated carbocycles. The molecule has 0 aliphatic carbocycles. The zero-order valence-corrected chi connectivity index (χ0v) is 13.2. The lowest BCUT2D eigenvalue weighted by Gasteiger charge is -2.14. The Hall–Kier alpha value is -2.26. The average molecular weight is 307 g/mol. The highest BCUT2D eigenvalue weighted by molar-refractivity contribution is 5.82. The van der Waals surface area contributed by atoms with E-state index >= 15 is 0 Å². The van der Waals surface area contributed by atoms with E-state index in [0.29, 0.717) is 0 Å². The molecule has 0 unspecified atom stereocenters. The number of furan rings is 1. The summed E-state index contributed by atoms with van der Waals surface area (Å²) < 4.78 is 11.7. The van der Waals surface area contributed by atoms with Crippen LogP contribution in [0.4, 0.5) is 0 Å². The molecule has 1 aliphatic heterocycles. The largest absolute Gasteiger partial charge is 0.492 e. The van der Waals surface area contributed by atoms with E-state index in [1.807, 2.05) is 30.3 Å². The maximum atomic E-state index is 5.90. The van der Waals surface area contributed by atoms with Crippen molar-refractivity contribution in [2.45, 2.75) is 12.8 Å². The second kappa shape index (κ2) is 6.47. The lowest BCUT2D eigenvalue weighted by atomic mass is 10.1. The molecular formula is C20H21NO2. The van der Waals surface area contributed by atoms with Gasteiger partial charge in [-0.1, -0.05) is 18.2 Å². The minimum atomic E-state index is 0.754. The summed E-state index contributed by atoms with van der Waals surface area (Å²) in [5, 5.41) is 1.13. The van der Waals surface area contributed by atoms with Crippen LogP contribution in [0.5, 0.6) is 5.75 Å². The molecule has 118 valence electrons. The summed E-state index contributed by atoms with van der Waals surface area (Å²) in [6, 6.07) is 18.3. The molecule has 3 heteroatoms. The molecule has 0 amide bonds. The van der Waals surface area contributed by atoms with Crippen molar-refractivity contribution in [3.63, 3.8) is 0 Å². The van der Waals surface area contributed by atoms with E-state index in [4.69, 9.17) is 9.15 Å². The van der Waals surface area contributed by atoms with Gasteiger partial charge in [0, 0.05) is 17.5 Å². The monoisotopic (exact) mass is 307 g/mol. The molecule has 0 bridgehead atoms. The lowest BCUT2D eigenvalue weighted by Crippen LogP contribution is -2.25. The van der Waals surface area contributed by atoms with Gasteiger partial charge >= 0.3 is 0 Å². The summed E-state index contributed by atoms with van der Waals surface area (Å²) in [4.78, 5) is 2.46. The number of nitrogens with zero attached hydrogens (tertiary/aromatic N) is 1. The van der Waals surface area contributed by atoms with E-state index in [0.717, 1.165) is 41.2 Å². The Morgan fingerprint density at radius 2 is 1.74 bits per heavy atom. The second-order valence-corrected chi connectivity index (χ2v) is 6.07. The van der Waals surface area contributed by atoms with Crippen molar-refractivity contribution < 1.29 is 9.15 Å². The molecule has 2 heterocycles. The lowest BCUT2D eigenvalue weighted by molar-refractivity contribution is 0.238. The summed E-state index contributed by atoms with van der Waals surface area (Å²) in [6.07, 6.45) is 2.65. The first-order valence-electron chi connectivity index (χ1n) is 8.33. The highest BCUT2D eigenvalue weighted by Crippen LogP contribution is 2.28. The van der Waals surface area contributed by atoms with Crippen LogP contribution in [0.1, 0.15) is 12.8 Å². The third kappa shape index (κ3) is 3.25. The SMILES string of the molecule is c1ccc2oc(-c3ccc(OCCN4CCCC4)cc3)cc2c1. The van der Waals surface area contributed by atoms with Crippen LogP contribution in [0.25, 0.3) is 22.3 Å². The number of para-hydroxylation sites is 1. The number of ether oxygens (including phenoxy) is 1. The molecule has 1 saturated heterocycles. The Kier molecular flexibility index (Phi) is 4.03. The highest BCUT2D eigenvalue weighted by Gasteiger charge is 2.11. The van der Waals surface area contributed by atoms with Crippen molar-refractivity contribution in [3.05, 3.63) is 54.6 Å². The van der Waals surface area contributed by atoms with Gasteiger partial charge in [0.2, 0.25) is 0 Å². The van der Waals surface area contributed by atoms with Crippen molar-refractivity contribution >= 4 is 11.0 Å². The zero-order valence-electron chi connectivity index (χ0n) is 13.2. The van der Waals surface area contributed by atoms with Crippen LogP contribution >= 0.6 is 0 Å². The van der Waals surface area contributed by atoms with Gasteiger partial charge in [0.1, 0.15) is 23.7 Å². The molecule has 3 aromatic rings. The summed E-state index contributed by atoms with van der Waals surface area (Å²) in [7, 11) is 0. The maximum absolute atomic E-state index is 5.90. The molecule has 1 fully saturated rings. The van der Waals surface area contributed by atoms with Crippen LogP contribution in [0.15, 0.2) is 59.0 Å². The number of fused-ring (bicyclic) bond motifs is 1. The zero-order chi connectivity index (χ0) is 15.5. The van der Waals surface area contributed by atoms with Crippen LogP contribution < -0.4 is 4.74 Å². The summed E-state index contributed by atoms with van der Waals surface area (Å²) in [5.74, 6) is 1.82. The molecule has 1 aromatic heterocycles. The smallest absolute Gasteiger partial charge is 0.135 e. The van der Waals surface area contributed by atoms with Gasteiger partial charge in [0.15, 0.2) is 0 Å². The molecule has 0 radical (unpaired) electrons. The number of benzene rings is 2. The minimum Gasteiger partial charge on any atom is -0.492 e. The van der Waals surface area contributed by atoms with E-state index < -0.39 is 0 Å². The molecule has 1 aliphatic rings. The Balaban J connectivity index is 1.40. The van der Waals surface area contributed by atoms with E-state index in [-0.39, 0.29) is 0 Å². The third-order valence-electron chi connectivity index (χ3n) is 4.44. The molecule has 4 rings (SSSR count). The molecule has 0 N–H and O–H groups in total. The van der Waals surface area contributed by atoms with Gasteiger partial charge in [0.05, 0.1) is 0 Å². The van der Waals surface area contributed by atoms with Gasteiger partial charge in [-0.05, 0) is 62.3 Å². The van der Waals surface area contributed by atoms with Gasteiger partial charge in [-0.3, -0.25) is 4.90 Å². The Labute approximate surface area is 136 Å². The molecular weight excluding hydrogens is 286 g/mol. The quantitative estimate of drug-likeness (QED) is 0.690. The molecule has 2 aromatic carbocycles. The first-order chi connectivity index (χ1) is 11.4. The first kappa shape index (κ1) is 14.3. The second-order valence-electron chi connectivity index (χ2n) is 6.07. The van der Waals surface area contributed by atoms with E-state index in [2.05, 4.69) is 29.2 Å². The van der Waals surface area contributed by atoms with Gasteiger partial charge in [0.25, 0.3) is 0 Å². The first-order valence-corrected chi connectivity index (χ1v) is 8.33. The number of rotatable bonds is 5. The van der Waals surface area contributed by atoms with Crippen molar-refractivity contribution in [3.8, 4) is 17.1 Å². The summed E-state index contributed by atoms with van der Waals surface area (Å²) in [6.45, 7) is 4.21. The fourth-order valence-corrected chi connectivity index (χ4v) is 3.14. The van der Waals surface area contributed by atoms with Crippen LogP contribution in [-0.2, 0) is 0 Å². The minimum absolute atomic E-state index is 0.754. The van der Waals surface area contributed by atoms with E-state index in [1.54, 1.807) is 0 Å². The predicted octanol–water partition coefficient (Wildman–Crippen LogP) is 4.57.